The molecule has 0 bridgehead atoms. The Morgan fingerprint density at radius 2 is 1.50 bits per heavy atom. The Bertz CT molecular complexity index is 1660. The Morgan fingerprint density at radius 3 is 2.17 bits per heavy atom. The van der Waals surface area contributed by atoms with Crippen LogP contribution in [-0.4, -0.2) is 33.1 Å². The van der Waals surface area contributed by atoms with Gasteiger partial charge < -0.3 is 14.6 Å². The van der Waals surface area contributed by atoms with Crippen molar-refractivity contribution in [3.63, 3.8) is 0 Å². The Kier molecular flexibility index (Phi) is 4.94. The summed E-state index contributed by atoms with van der Waals surface area (Å²) in [6.07, 6.45) is 0. The third-order valence-electron chi connectivity index (χ3n) is 5.87. The van der Waals surface area contributed by atoms with Gasteiger partial charge in [-0.15, -0.1) is 5.10 Å². The van der Waals surface area contributed by atoms with Crippen molar-refractivity contribution in [2.75, 3.05) is 0 Å². The van der Waals surface area contributed by atoms with E-state index in [4.69, 9.17) is 9.47 Å². The molecule has 1 aliphatic heterocycles. The van der Waals surface area contributed by atoms with Gasteiger partial charge in [0.2, 0.25) is 5.88 Å². The number of rotatable bonds is 5. The predicted molar refractivity (Wildman–Crippen MR) is 129 cm³/mol. The number of aromatic hydroxyl groups is 1. The highest BCUT2D eigenvalue weighted by molar-refractivity contribution is 7.90. The molecule has 2 aromatic heterocycles. The fourth-order valence-corrected chi connectivity index (χ4v) is 5.41. The topological polar surface area (TPSA) is 116 Å². The molecule has 0 unspecified atom stereocenters. The predicted octanol–water partition coefficient (Wildman–Crippen LogP) is 3.78. The van der Waals surface area contributed by atoms with Gasteiger partial charge in [0.05, 0.1) is 4.90 Å². The molecule has 0 aliphatic carbocycles. The average Bonchev–Trinajstić information content (AvgIpc) is 3.46. The van der Waals surface area contributed by atoms with Gasteiger partial charge in [-0.2, -0.15) is 9.50 Å². The maximum absolute atomic E-state index is 13.3. The normalized spacial score (nSPS) is 14.2. The van der Waals surface area contributed by atoms with Crippen LogP contribution >= 0.6 is 0 Å². The monoisotopic (exact) mass is 500 g/mol. The van der Waals surface area contributed by atoms with E-state index < -0.39 is 21.4 Å². The van der Waals surface area contributed by atoms with Crippen molar-refractivity contribution >= 4 is 15.6 Å². The average molecular weight is 501 g/mol. The SMILES string of the molecule is Cc1cc(O)n2nc(CS(=O)(=O)c3ccc4c(c3)OC(c3ccccc3)(c3ccccc3)O4)nc2n1. The van der Waals surface area contributed by atoms with Crippen molar-refractivity contribution in [2.45, 2.75) is 23.4 Å². The van der Waals surface area contributed by atoms with Crippen molar-refractivity contribution in [1.29, 1.82) is 0 Å². The van der Waals surface area contributed by atoms with Crippen LogP contribution in [0.25, 0.3) is 5.78 Å². The van der Waals surface area contributed by atoms with Gasteiger partial charge in [-0.05, 0) is 19.1 Å². The molecule has 0 saturated carbocycles. The lowest BCUT2D eigenvalue weighted by atomic mass is 9.97. The quantitative estimate of drug-likeness (QED) is 0.388. The summed E-state index contributed by atoms with van der Waals surface area (Å²) in [5.74, 6) is -1.02. The largest absolute Gasteiger partial charge is 0.493 e. The lowest BCUT2D eigenvalue weighted by Gasteiger charge is -2.28. The minimum absolute atomic E-state index is 0.0176. The fourth-order valence-electron chi connectivity index (χ4n) is 4.22. The number of ether oxygens (including phenoxy) is 2. The molecular formula is C26H20N4O5S. The molecular weight excluding hydrogens is 480 g/mol. The number of nitrogens with zero attached hydrogens (tertiary/aromatic N) is 4. The molecule has 0 atom stereocenters. The van der Waals surface area contributed by atoms with Gasteiger partial charge >= 0.3 is 5.79 Å². The molecule has 1 N–H and O–H groups in total. The molecule has 10 heteroatoms. The molecule has 3 aromatic carbocycles. The van der Waals surface area contributed by atoms with Crippen molar-refractivity contribution < 1.29 is 23.0 Å². The summed E-state index contributed by atoms with van der Waals surface area (Å²) in [5.41, 5.74) is 2.08. The van der Waals surface area contributed by atoms with E-state index >= 15 is 0 Å². The minimum atomic E-state index is -3.86. The zero-order valence-electron chi connectivity index (χ0n) is 19.1. The summed E-state index contributed by atoms with van der Waals surface area (Å²) in [6.45, 7) is 1.70. The number of benzene rings is 3. The van der Waals surface area contributed by atoms with E-state index in [1.807, 2.05) is 60.7 Å². The maximum atomic E-state index is 13.3. The van der Waals surface area contributed by atoms with Crippen LogP contribution in [0, 0.1) is 6.92 Å². The van der Waals surface area contributed by atoms with Gasteiger partial charge in [0, 0.05) is 29.0 Å². The van der Waals surface area contributed by atoms with Gasteiger partial charge in [0.1, 0.15) is 5.75 Å². The third kappa shape index (κ3) is 3.62. The lowest BCUT2D eigenvalue weighted by molar-refractivity contribution is -0.0459. The van der Waals surface area contributed by atoms with Crippen LogP contribution in [0.5, 0.6) is 17.4 Å². The van der Waals surface area contributed by atoms with Crippen LogP contribution in [0.15, 0.2) is 89.8 Å². The first-order valence-electron chi connectivity index (χ1n) is 11.1. The van der Waals surface area contributed by atoms with Crippen molar-refractivity contribution in [2.24, 2.45) is 0 Å². The minimum Gasteiger partial charge on any atom is -0.493 e. The van der Waals surface area contributed by atoms with Gasteiger partial charge in [-0.1, -0.05) is 60.7 Å². The molecule has 3 heterocycles. The first kappa shape index (κ1) is 22.1. The first-order chi connectivity index (χ1) is 17.3. The zero-order valence-corrected chi connectivity index (χ0v) is 19.9. The van der Waals surface area contributed by atoms with Crippen LogP contribution in [0.4, 0.5) is 0 Å². The van der Waals surface area contributed by atoms with Gasteiger partial charge in [0.25, 0.3) is 5.78 Å². The molecule has 0 spiro atoms. The number of sulfone groups is 1. The summed E-state index contributed by atoms with van der Waals surface area (Å²) < 4.78 is 40.3. The van der Waals surface area contributed by atoms with E-state index in [1.54, 1.807) is 13.0 Å². The molecule has 6 rings (SSSR count). The second kappa shape index (κ2) is 8.06. The molecule has 9 nitrogen and oxygen atoms in total. The molecule has 1 aliphatic rings. The number of aryl methyl sites for hydroxylation is 1. The van der Waals surface area contributed by atoms with Gasteiger partial charge in [-0.3, -0.25) is 0 Å². The van der Waals surface area contributed by atoms with E-state index in [0.29, 0.717) is 17.2 Å². The molecule has 0 amide bonds. The Hall–Kier alpha value is -4.44. The van der Waals surface area contributed by atoms with E-state index in [1.165, 1.54) is 18.2 Å². The van der Waals surface area contributed by atoms with Crippen LogP contribution in [0.1, 0.15) is 22.6 Å². The molecule has 180 valence electrons. The van der Waals surface area contributed by atoms with Crippen LogP contribution in [0.2, 0.25) is 0 Å². The highest BCUT2D eigenvalue weighted by Crippen LogP contribution is 2.48. The maximum Gasteiger partial charge on any atom is 0.305 e. The van der Waals surface area contributed by atoms with Crippen LogP contribution in [0.3, 0.4) is 0 Å². The highest BCUT2D eigenvalue weighted by Gasteiger charge is 2.45. The first-order valence-corrected chi connectivity index (χ1v) is 12.8. The summed E-state index contributed by atoms with van der Waals surface area (Å²) in [4.78, 5) is 8.38. The third-order valence-corrected chi connectivity index (χ3v) is 7.48. The van der Waals surface area contributed by atoms with Crippen LogP contribution in [-0.2, 0) is 21.4 Å². The zero-order chi connectivity index (χ0) is 24.9. The molecule has 5 aromatic rings. The van der Waals surface area contributed by atoms with E-state index in [-0.39, 0.29) is 22.4 Å². The smallest absolute Gasteiger partial charge is 0.305 e. The number of hydrogen-bond acceptors (Lipinski definition) is 8. The summed E-state index contributed by atoms with van der Waals surface area (Å²) >= 11 is 0. The Labute approximate surface area is 206 Å². The van der Waals surface area contributed by atoms with E-state index in [9.17, 15) is 13.5 Å². The Morgan fingerprint density at radius 1 is 0.861 bits per heavy atom. The Balaban J connectivity index is 1.36. The fraction of sp³-hybridized carbons (Fsp3) is 0.115. The molecule has 36 heavy (non-hydrogen) atoms. The van der Waals surface area contributed by atoms with Crippen molar-refractivity contribution in [3.8, 4) is 17.4 Å². The standard InChI is InChI=1S/C26H20N4O5S/c1-17-14-24(31)30-25(27-17)28-23(29-30)16-36(32,33)20-12-13-21-22(15-20)35-26(34-21,18-8-4-2-5-9-18)19-10-6-3-7-11-19/h2-15,31H,16H2,1H3. The molecule has 0 radical (unpaired) electrons. The van der Waals surface area contributed by atoms with Gasteiger partial charge in [0.15, 0.2) is 27.2 Å². The van der Waals surface area contributed by atoms with E-state index in [2.05, 4.69) is 15.1 Å². The van der Waals surface area contributed by atoms with Crippen molar-refractivity contribution in [3.05, 3.63) is 108 Å². The molecule has 0 saturated heterocycles. The summed E-state index contributed by atoms with van der Waals surface area (Å²) in [6, 6.07) is 24.9. The second-order valence-electron chi connectivity index (χ2n) is 8.42. The van der Waals surface area contributed by atoms with Gasteiger partial charge in [-0.25, -0.2) is 13.4 Å². The number of fused-ring (bicyclic) bond motifs is 2. The summed E-state index contributed by atoms with van der Waals surface area (Å²) in [7, 11) is -3.86. The summed E-state index contributed by atoms with van der Waals surface area (Å²) in [5, 5.41) is 14.2. The second-order valence-corrected chi connectivity index (χ2v) is 10.4. The van der Waals surface area contributed by atoms with Crippen molar-refractivity contribution in [1.82, 2.24) is 19.6 Å². The van der Waals surface area contributed by atoms with Crippen LogP contribution < -0.4 is 9.47 Å². The molecule has 0 fully saturated rings. The highest BCUT2D eigenvalue weighted by atomic mass is 32.2. The lowest BCUT2D eigenvalue weighted by Crippen LogP contribution is -2.36. The number of hydrogen-bond donors (Lipinski definition) is 1. The van der Waals surface area contributed by atoms with E-state index in [0.717, 1.165) is 15.6 Å². The number of aromatic nitrogens is 4.